The molecule has 0 spiro atoms. The molecule has 0 atom stereocenters. The molecule has 1 heterocycles. The molecule has 1 aromatic heterocycles. The van der Waals surface area contributed by atoms with Gasteiger partial charge in [0.2, 0.25) is 5.82 Å². The van der Waals surface area contributed by atoms with Gasteiger partial charge in [-0.15, -0.1) is 0 Å². The van der Waals surface area contributed by atoms with Gasteiger partial charge in [-0.25, -0.2) is 4.63 Å². The van der Waals surface area contributed by atoms with Gasteiger partial charge in [0, 0.05) is 5.56 Å². The van der Waals surface area contributed by atoms with Crippen LogP contribution in [0.25, 0.3) is 11.3 Å². The van der Waals surface area contributed by atoms with Gasteiger partial charge in [-0.2, -0.15) is 0 Å². The van der Waals surface area contributed by atoms with Gasteiger partial charge in [0.25, 0.3) is 5.91 Å². The molecule has 0 saturated heterocycles. The first-order valence-corrected chi connectivity index (χ1v) is 8.56. The number of aromatic nitrogens is 2. The highest BCUT2D eigenvalue weighted by Gasteiger charge is 2.17. The fourth-order valence-electron chi connectivity index (χ4n) is 2.78. The Bertz CT molecular complexity index is 963. The van der Waals surface area contributed by atoms with E-state index >= 15 is 0 Å². The van der Waals surface area contributed by atoms with E-state index in [4.69, 9.17) is 18.8 Å². The summed E-state index contributed by atoms with van der Waals surface area (Å²) in [5, 5.41) is 10.3. The van der Waals surface area contributed by atoms with Crippen molar-refractivity contribution in [2.45, 2.75) is 13.8 Å². The number of anilines is 1. The zero-order chi connectivity index (χ0) is 20.1. The number of ether oxygens (including phenoxy) is 3. The number of nitrogens with one attached hydrogen (secondary N) is 1. The highest BCUT2D eigenvalue weighted by atomic mass is 16.6. The highest BCUT2D eigenvalue weighted by molar-refractivity contribution is 5.94. The lowest BCUT2D eigenvalue weighted by atomic mass is 10.1. The number of hydrogen-bond acceptors (Lipinski definition) is 7. The van der Waals surface area contributed by atoms with Gasteiger partial charge in [0.15, 0.2) is 23.8 Å². The summed E-state index contributed by atoms with van der Waals surface area (Å²) in [6, 6.07) is 11.0. The van der Waals surface area contributed by atoms with E-state index in [2.05, 4.69) is 15.6 Å². The van der Waals surface area contributed by atoms with Crippen molar-refractivity contribution in [3.05, 3.63) is 47.5 Å². The van der Waals surface area contributed by atoms with Gasteiger partial charge in [0.05, 0.1) is 14.2 Å². The Balaban J connectivity index is 1.71. The zero-order valence-electron chi connectivity index (χ0n) is 16.1. The van der Waals surface area contributed by atoms with Gasteiger partial charge in [-0.1, -0.05) is 6.07 Å². The second-order valence-corrected chi connectivity index (χ2v) is 6.19. The van der Waals surface area contributed by atoms with Crippen LogP contribution in [0.3, 0.4) is 0 Å². The molecule has 0 aliphatic rings. The molecule has 0 aliphatic carbocycles. The average Bonchev–Trinajstić information content (AvgIpc) is 3.13. The lowest BCUT2D eigenvalue weighted by Crippen LogP contribution is -2.20. The van der Waals surface area contributed by atoms with Crippen LogP contribution in [0.1, 0.15) is 11.1 Å². The molecule has 2 aromatic carbocycles. The molecule has 0 bridgehead atoms. The fourth-order valence-corrected chi connectivity index (χ4v) is 2.78. The summed E-state index contributed by atoms with van der Waals surface area (Å²) in [6.45, 7) is 3.77. The van der Waals surface area contributed by atoms with Crippen molar-refractivity contribution in [1.82, 2.24) is 10.3 Å². The average molecular weight is 383 g/mol. The summed E-state index contributed by atoms with van der Waals surface area (Å²) < 4.78 is 20.9. The van der Waals surface area contributed by atoms with Crippen LogP contribution in [0.2, 0.25) is 0 Å². The fraction of sp³-hybridized carbons (Fsp3) is 0.250. The van der Waals surface area contributed by atoms with Crippen molar-refractivity contribution in [2.24, 2.45) is 0 Å². The largest absolute Gasteiger partial charge is 0.493 e. The third-order valence-corrected chi connectivity index (χ3v) is 3.97. The van der Waals surface area contributed by atoms with Crippen molar-refractivity contribution in [2.75, 3.05) is 26.1 Å². The summed E-state index contributed by atoms with van der Waals surface area (Å²) in [5.41, 5.74) is 3.16. The van der Waals surface area contributed by atoms with Crippen molar-refractivity contribution in [1.29, 1.82) is 0 Å². The normalized spacial score (nSPS) is 10.4. The summed E-state index contributed by atoms with van der Waals surface area (Å²) in [6.07, 6.45) is 0. The monoisotopic (exact) mass is 383 g/mol. The number of hydrogen-bond donors (Lipinski definition) is 1. The predicted molar refractivity (Wildman–Crippen MR) is 103 cm³/mol. The van der Waals surface area contributed by atoms with Gasteiger partial charge >= 0.3 is 0 Å². The van der Waals surface area contributed by atoms with Crippen LogP contribution in [0.5, 0.6) is 17.2 Å². The number of rotatable bonds is 7. The first kappa shape index (κ1) is 19.2. The summed E-state index contributed by atoms with van der Waals surface area (Å²) >= 11 is 0. The Morgan fingerprint density at radius 3 is 2.39 bits per heavy atom. The van der Waals surface area contributed by atoms with E-state index in [0.717, 1.165) is 11.1 Å². The standard InChI is InChI=1S/C20H21N3O5/c1-12-7-13(2)9-15(8-12)27-11-18(24)21-20-19(22-28-23-20)14-5-6-16(25-3)17(10-14)26-4/h5-10H,11H2,1-4H3,(H,21,23,24). The molecule has 8 nitrogen and oxygen atoms in total. The molecule has 146 valence electrons. The van der Waals surface area contributed by atoms with Crippen molar-refractivity contribution >= 4 is 11.7 Å². The minimum absolute atomic E-state index is 0.166. The molecule has 3 rings (SSSR count). The first-order chi connectivity index (χ1) is 13.5. The van der Waals surface area contributed by atoms with E-state index in [1.807, 2.05) is 32.0 Å². The number of amides is 1. The quantitative estimate of drug-likeness (QED) is 0.668. The van der Waals surface area contributed by atoms with E-state index in [0.29, 0.717) is 28.5 Å². The van der Waals surface area contributed by atoms with Crippen molar-refractivity contribution in [3.8, 4) is 28.5 Å². The van der Waals surface area contributed by atoms with E-state index in [1.54, 1.807) is 25.3 Å². The minimum Gasteiger partial charge on any atom is -0.493 e. The smallest absolute Gasteiger partial charge is 0.263 e. The molecule has 1 amide bonds. The molecule has 0 aliphatic heterocycles. The van der Waals surface area contributed by atoms with Crippen LogP contribution in [0.15, 0.2) is 41.0 Å². The van der Waals surface area contributed by atoms with Crippen LogP contribution in [-0.4, -0.2) is 37.0 Å². The predicted octanol–water partition coefficient (Wildman–Crippen LogP) is 3.39. The molecular formula is C20H21N3O5. The number of carbonyl (C=O) groups excluding carboxylic acids is 1. The molecule has 0 radical (unpaired) electrons. The van der Waals surface area contributed by atoms with Crippen molar-refractivity contribution in [3.63, 3.8) is 0 Å². The lowest BCUT2D eigenvalue weighted by molar-refractivity contribution is -0.118. The van der Waals surface area contributed by atoms with Crippen LogP contribution >= 0.6 is 0 Å². The number of aryl methyl sites for hydroxylation is 2. The Morgan fingerprint density at radius 2 is 1.71 bits per heavy atom. The van der Waals surface area contributed by atoms with Crippen LogP contribution < -0.4 is 19.5 Å². The molecule has 3 aromatic rings. The van der Waals surface area contributed by atoms with E-state index in [-0.39, 0.29) is 18.3 Å². The second kappa shape index (κ2) is 8.43. The van der Waals surface area contributed by atoms with E-state index in [9.17, 15) is 4.79 Å². The lowest BCUT2D eigenvalue weighted by Gasteiger charge is -2.09. The maximum Gasteiger partial charge on any atom is 0.263 e. The molecular weight excluding hydrogens is 362 g/mol. The first-order valence-electron chi connectivity index (χ1n) is 8.56. The van der Waals surface area contributed by atoms with Gasteiger partial charge in [0.1, 0.15) is 5.75 Å². The van der Waals surface area contributed by atoms with Gasteiger partial charge < -0.3 is 19.5 Å². The molecule has 0 fully saturated rings. The molecule has 1 N–H and O–H groups in total. The molecule has 0 unspecified atom stereocenters. The Kier molecular flexibility index (Phi) is 5.78. The number of nitrogens with zero attached hydrogens (tertiary/aromatic N) is 2. The van der Waals surface area contributed by atoms with Crippen molar-refractivity contribution < 1.29 is 23.6 Å². The maximum absolute atomic E-state index is 12.3. The minimum atomic E-state index is -0.378. The van der Waals surface area contributed by atoms with Crippen LogP contribution in [-0.2, 0) is 4.79 Å². The molecule has 0 saturated carbocycles. The Hall–Kier alpha value is -3.55. The Labute approximate surface area is 162 Å². The van der Waals surface area contributed by atoms with E-state index in [1.165, 1.54) is 7.11 Å². The summed E-state index contributed by atoms with van der Waals surface area (Å²) in [4.78, 5) is 12.3. The summed E-state index contributed by atoms with van der Waals surface area (Å²) in [7, 11) is 3.09. The number of carbonyl (C=O) groups is 1. The third kappa shape index (κ3) is 4.40. The van der Waals surface area contributed by atoms with Gasteiger partial charge in [-0.3, -0.25) is 4.79 Å². The zero-order valence-corrected chi connectivity index (χ0v) is 16.1. The number of benzene rings is 2. The molecule has 28 heavy (non-hydrogen) atoms. The molecule has 8 heteroatoms. The summed E-state index contributed by atoms with van der Waals surface area (Å²) in [5.74, 6) is 1.55. The third-order valence-electron chi connectivity index (χ3n) is 3.97. The maximum atomic E-state index is 12.3. The Morgan fingerprint density at radius 1 is 1.00 bits per heavy atom. The topological polar surface area (TPSA) is 95.7 Å². The van der Waals surface area contributed by atoms with E-state index < -0.39 is 0 Å². The van der Waals surface area contributed by atoms with Crippen LogP contribution in [0.4, 0.5) is 5.82 Å². The number of methoxy groups -OCH3 is 2. The second-order valence-electron chi connectivity index (χ2n) is 6.19. The SMILES string of the molecule is COc1ccc(-c2nonc2NC(=O)COc2cc(C)cc(C)c2)cc1OC. The highest BCUT2D eigenvalue weighted by Crippen LogP contribution is 2.33. The van der Waals surface area contributed by atoms with Crippen LogP contribution in [0, 0.1) is 13.8 Å². The van der Waals surface area contributed by atoms with Gasteiger partial charge in [-0.05, 0) is 65.6 Å².